The summed E-state index contributed by atoms with van der Waals surface area (Å²) in [5.74, 6) is 0.613. The van der Waals surface area contributed by atoms with Gasteiger partial charge in [-0.25, -0.2) is 19.7 Å². The minimum absolute atomic E-state index is 0.226. The number of nitrogens with one attached hydrogen (secondary N) is 2. The molecule has 11 nitrogen and oxygen atoms in total. The van der Waals surface area contributed by atoms with Crippen molar-refractivity contribution in [2.45, 2.75) is 57.9 Å². The van der Waals surface area contributed by atoms with Gasteiger partial charge in [0.2, 0.25) is 5.91 Å². The molecule has 3 aromatic rings. The number of pyridine rings is 2. The summed E-state index contributed by atoms with van der Waals surface area (Å²) in [6.45, 7) is 4.53. The van der Waals surface area contributed by atoms with E-state index >= 15 is 0 Å². The van der Waals surface area contributed by atoms with E-state index in [1.807, 2.05) is 19.1 Å². The zero-order valence-corrected chi connectivity index (χ0v) is 23.0. The number of amides is 1. The van der Waals surface area contributed by atoms with Gasteiger partial charge in [-0.2, -0.15) is 0 Å². The molecule has 0 aromatic carbocycles. The first-order chi connectivity index (χ1) is 19.4. The molecule has 0 bridgehead atoms. The highest BCUT2D eigenvalue weighted by Crippen LogP contribution is 2.21. The second kappa shape index (κ2) is 14.3. The zero-order valence-electron chi connectivity index (χ0n) is 23.0. The van der Waals surface area contributed by atoms with Gasteiger partial charge in [0, 0.05) is 61.5 Å². The molecule has 0 fully saturated rings. The molecule has 0 radical (unpaired) electrons. The van der Waals surface area contributed by atoms with Crippen molar-refractivity contribution < 1.29 is 14.7 Å². The third-order valence-corrected chi connectivity index (χ3v) is 6.93. The lowest BCUT2D eigenvalue weighted by Crippen LogP contribution is -2.37. The van der Waals surface area contributed by atoms with Gasteiger partial charge < -0.3 is 26.4 Å². The number of aryl methyl sites for hydroxylation is 3. The van der Waals surface area contributed by atoms with Crippen LogP contribution in [-0.4, -0.2) is 74.0 Å². The van der Waals surface area contributed by atoms with Crippen LogP contribution in [0.15, 0.2) is 42.7 Å². The molecule has 40 heavy (non-hydrogen) atoms. The number of fused-ring (bicyclic) bond motifs is 1. The maximum Gasteiger partial charge on any atom is 0.326 e. The summed E-state index contributed by atoms with van der Waals surface area (Å²) in [5.41, 5.74) is 9.27. The van der Waals surface area contributed by atoms with Crippen LogP contribution in [0.2, 0.25) is 0 Å². The molecule has 1 atom stereocenters. The summed E-state index contributed by atoms with van der Waals surface area (Å²) in [7, 11) is 0. The lowest BCUT2D eigenvalue weighted by atomic mass is 10.1. The summed E-state index contributed by atoms with van der Waals surface area (Å²) >= 11 is 0. The molecule has 0 saturated carbocycles. The van der Waals surface area contributed by atoms with Crippen molar-refractivity contribution in [3.63, 3.8) is 0 Å². The van der Waals surface area contributed by atoms with Gasteiger partial charge in [-0.05, 0) is 75.8 Å². The molecule has 1 amide bonds. The molecule has 0 spiro atoms. The predicted octanol–water partition coefficient (Wildman–Crippen LogP) is 3.06. The van der Waals surface area contributed by atoms with E-state index in [-0.39, 0.29) is 12.3 Å². The number of carboxylic acids is 1. The lowest BCUT2D eigenvalue weighted by Gasteiger charge is -2.24. The van der Waals surface area contributed by atoms with Gasteiger partial charge in [0.1, 0.15) is 17.7 Å². The number of aliphatic carboxylic acids is 1. The Labute approximate surface area is 234 Å². The first kappa shape index (κ1) is 28.9. The predicted molar refractivity (Wildman–Crippen MR) is 154 cm³/mol. The fourth-order valence-corrected chi connectivity index (χ4v) is 4.77. The number of carbonyl (C=O) groups is 2. The van der Waals surface area contributed by atoms with Crippen LogP contribution in [0, 0.1) is 6.92 Å². The second-order valence-electron chi connectivity index (χ2n) is 10.1. The monoisotopic (exact) mass is 546 g/mol. The number of aromatic nitrogens is 4. The van der Waals surface area contributed by atoms with Crippen molar-refractivity contribution >= 4 is 23.5 Å². The number of unbranched alkanes of at least 4 members (excludes halogenated alkanes) is 1. The molecule has 5 N–H and O–H groups in total. The summed E-state index contributed by atoms with van der Waals surface area (Å²) in [6, 6.07) is 8.76. The van der Waals surface area contributed by atoms with Gasteiger partial charge in [-0.15, -0.1) is 0 Å². The fourth-order valence-electron chi connectivity index (χ4n) is 4.77. The Morgan fingerprint density at radius 2 is 1.93 bits per heavy atom. The number of carbonyl (C=O) groups excluding carboxylic acids is 1. The SMILES string of the molecule is Cc1cc(N[C@@H](CCN(CCCCc2ccc3c(n2)NCCC3)CCC(N)=O)C(=O)O)nc(-c2ccncc2)n1. The molecule has 1 aliphatic heterocycles. The Balaban J connectivity index is 1.32. The van der Waals surface area contributed by atoms with Gasteiger partial charge in [0.25, 0.3) is 0 Å². The van der Waals surface area contributed by atoms with E-state index in [4.69, 9.17) is 10.7 Å². The van der Waals surface area contributed by atoms with E-state index < -0.39 is 12.0 Å². The van der Waals surface area contributed by atoms with Crippen LogP contribution in [0.5, 0.6) is 0 Å². The van der Waals surface area contributed by atoms with Crippen molar-refractivity contribution in [3.05, 3.63) is 59.7 Å². The highest BCUT2D eigenvalue weighted by atomic mass is 16.4. The van der Waals surface area contributed by atoms with E-state index in [0.717, 1.165) is 68.0 Å². The minimum atomic E-state index is -0.969. The van der Waals surface area contributed by atoms with Gasteiger partial charge in [0.15, 0.2) is 5.82 Å². The zero-order chi connectivity index (χ0) is 28.3. The van der Waals surface area contributed by atoms with Crippen molar-refractivity contribution in [2.24, 2.45) is 5.73 Å². The van der Waals surface area contributed by atoms with Crippen LogP contribution in [0.4, 0.5) is 11.6 Å². The average Bonchev–Trinajstić information content (AvgIpc) is 2.95. The molecule has 4 rings (SSSR count). The van der Waals surface area contributed by atoms with Crippen molar-refractivity contribution in [1.82, 2.24) is 24.8 Å². The van der Waals surface area contributed by atoms with E-state index in [2.05, 4.69) is 42.6 Å². The second-order valence-corrected chi connectivity index (χ2v) is 10.1. The number of anilines is 2. The van der Waals surface area contributed by atoms with Crippen molar-refractivity contribution in [2.75, 3.05) is 36.8 Å². The van der Waals surface area contributed by atoms with E-state index in [1.54, 1.807) is 18.5 Å². The first-order valence-corrected chi connectivity index (χ1v) is 13.9. The molecule has 0 unspecified atom stereocenters. The number of hydrogen-bond donors (Lipinski definition) is 4. The third-order valence-electron chi connectivity index (χ3n) is 6.93. The molecule has 1 aliphatic rings. The maximum absolute atomic E-state index is 12.1. The summed E-state index contributed by atoms with van der Waals surface area (Å²) in [4.78, 5) is 43.5. The van der Waals surface area contributed by atoms with Gasteiger partial charge in [-0.1, -0.05) is 6.07 Å². The molecular weight excluding hydrogens is 508 g/mol. The maximum atomic E-state index is 12.1. The summed E-state index contributed by atoms with van der Waals surface area (Å²) < 4.78 is 0. The van der Waals surface area contributed by atoms with Gasteiger partial charge in [-0.3, -0.25) is 9.78 Å². The van der Waals surface area contributed by atoms with Gasteiger partial charge >= 0.3 is 5.97 Å². The Morgan fingerprint density at radius 1 is 1.10 bits per heavy atom. The molecular formula is C29H38N8O3. The molecule has 0 saturated heterocycles. The number of hydrogen-bond acceptors (Lipinski definition) is 9. The van der Waals surface area contributed by atoms with E-state index in [9.17, 15) is 14.7 Å². The normalized spacial score (nSPS) is 13.3. The lowest BCUT2D eigenvalue weighted by molar-refractivity contribution is -0.138. The minimum Gasteiger partial charge on any atom is -0.480 e. The van der Waals surface area contributed by atoms with Gasteiger partial charge in [0.05, 0.1) is 0 Å². The highest BCUT2D eigenvalue weighted by molar-refractivity contribution is 5.77. The Bertz CT molecular complexity index is 1290. The molecule has 3 aromatic heterocycles. The van der Waals surface area contributed by atoms with E-state index in [0.29, 0.717) is 31.2 Å². The van der Waals surface area contributed by atoms with Crippen LogP contribution in [0.3, 0.4) is 0 Å². The third kappa shape index (κ3) is 8.70. The van der Waals surface area contributed by atoms with Crippen LogP contribution in [0.25, 0.3) is 11.4 Å². The molecule has 11 heteroatoms. The smallest absolute Gasteiger partial charge is 0.326 e. The topological polar surface area (TPSA) is 159 Å². The fraction of sp³-hybridized carbons (Fsp3) is 0.448. The first-order valence-electron chi connectivity index (χ1n) is 13.9. The Morgan fingerprint density at radius 3 is 2.70 bits per heavy atom. The largest absolute Gasteiger partial charge is 0.480 e. The Hall–Kier alpha value is -4.12. The Kier molecular flexibility index (Phi) is 10.3. The highest BCUT2D eigenvalue weighted by Gasteiger charge is 2.20. The molecule has 4 heterocycles. The van der Waals surface area contributed by atoms with Crippen LogP contribution in [-0.2, 0) is 22.4 Å². The molecule has 212 valence electrons. The number of nitrogens with two attached hydrogens (primary N) is 1. The van der Waals surface area contributed by atoms with Crippen LogP contribution in [0.1, 0.15) is 49.1 Å². The standard InChI is InChI=1S/C29H38N8O3/c1-20-19-26(36-28(33-20)22-9-14-31-15-10-22)35-24(29(39)40)11-17-37(18-12-25(30)38)16-3-2-6-23-8-7-21-5-4-13-32-27(21)34-23/h7-10,14-15,19,24H,2-6,11-13,16-18H2,1H3,(H2,30,38)(H,32,34)(H,39,40)(H,33,35,36)/t24-/m0/s1. The molecule has 0 aliphatic carbocycles. The van der Waals surface area contributed by atoms with E-state index in [1.165, 1.54) is 5.56 Å². The average molecular weight is 547 g/mol. The van der Waals surface area contributed by atoms with Crippen LogP contribution < -0.4 is 16.4 Å². The number of primary amides is 1. The quantitative estimate of drug-likeness (QED) is 0.209. The number of nitrogens with zero attached hydrogens (tertiary/aromatic N) is 5. The van der Waals surface area contributed by atoms with Crippen LogP contribution >= 0.6 is 0 Å². The number of carboxylic acid groups (broad SMARTS) is 1. The summed E-state index contributed by atoms with van der Waals surface area (Å²) in [6.07, 6.45) is 8.80. The van der Waals surface area contributed by atoms with Crippen molar-refractivity contribution in [3.8, 4) is 11.4 Å². The van der Waals surface area contributed by atoms with Crippen molar-refractivity contribution in [1.29, 1.82) is 0 Å². The number of rotatable bonds is 15. The summed E-state index contributed by atoms with van der Waals surface area (Å²) in [5, 5.41) is 16.4.